The Kier molecular flexibility index (Phi) is 8.34. The predicted molar refractivity (Wildman–Crippen MR) is 105 cm³/mol. The molecule has 1 aliphatic rings. The second kappa shape index (κ2) is 10.5. The van der Waals surface area contributed by atoms with E-state index in [2.05, 4.69) is 5.32 Å². The summed E-state index contributed by atoms with van der Waals surface area (Å²) in [7, 11) is 0. The first kappa shape index (κ1) is 24.5. The Balaban J connectivity index is 2.29. The molecule has 1 aromatic rings. The Morgan fingerprint density at radius 2 is 1.84 bits per heavy atom. The highest BCUT2D eigenvalue weighted by atomic mass is 16.7. The van der Waals surface area contributed by atoms with Gasteiger partial charge in [-0.1, -0.05) is 20.8 Å². The number of hydrogen-bond acceptors (Lipinski definition) is 9. The van der Waals surface area contributed by atoms with E-state index >= 15 is 0 Å². The third-order valence-electron chi connectivity index (χ3n) is 4.66. The Hall–Kier alpha value is -2.73. The minimum absolute atomic E-state index is 0.0525. The highest BCUT2D eigenvalue weighted by molar-refractivity contribution is 5.93. The van der Waals surface area contributed by atoms with E-state index in [1.165, 1.54) is 18.2 Å². The van der Waals surface area contributed by atoms with Crippen molar-refractivity contribution in [3.05, 3.63) is 23.8 Å². The second-order valence-corrected chi connectivity index (χ2v) is 7.34. The number of carbonyl (C=O) groups is 3. The van der Waals surface area contributed by atoms with Crippen LogP contribution in [0.15, 0.2) is 18.2 Å². The topological polar surface area (TPSA) is 172 Å². The number of nitrogens with one attached hydrogen (secondary N) is 1. The first-order valence-corrected chi connectivity index (χ1v) is 9.73. The van der Waals surface area contributed by atoms with E-state index in [1.54, 1.807) is 20.8 Å². The SMILES string of the molecule is CCC(=O)OCc1ccc(OC2OC(O)C(O)C(O)C2C(=O)O)cc1NC(=O)C(C)C. The molecule has 1 heterocycles. The summed E-state index contributed by atoms with van der Waals surface area (Å²) >= 11 is 0. The molecule has 0 radical (unpaired) electrons. The molecule has 5 atom stereocenters. The van der Waals surface area contributed by atoms with Gasteiger partial charge < -0.3 is 40.0 Å². The van der Waals surface area contributed by atoms with Crippen LogP contribution in [0.3, 0.4) is 0 Å². The van der Waals surface area contributed by atoms with Crippen molar-refractivity contribution in [3.8, 4) is 5.75 Å². The summed E-state index contributed by atoms with van der Waals surface area (Å²) in [6, 6.07) is 4.31. The predicted octanol–water partition coefficient (Wildman–Crippen LogP) is 0.210. The molecule has 0 aliphatic carbocycles. The average molecular weight is 441 g/mol. The molecule has 5 N–H and O–H groups in total. The van der Waals surface area contributed by atoms with E-state index in [9.17, 15) is 34.8 Å². The number of carbonyl (C=O) groups excluding carboxylic acids is 2. The highest BCUT2D eigenvalue weighted by Gasteiger charge is 2.49. The fourth-order valence-corrected chi connectivity index (χ4v) is 2.75. The third-order valence-corrected chi connectivity index (χ3v) is 4.66. The lowest BCUT2D eigenvalue weighted by Gasteiger charge is -2.38. The van der Waals surface area contributed by atoms with Gasteiger partial charge in [0.2, 0.25) is 12.2 Å². The molecule has 11 heteroatoms. The summed E-state index contributed by atoms with van der Waals surface area (Å²) in [6.07, 6.45) is -6.95. The second-order valence-electron chi connectivity index (χ2n) is 7.34. The summed E-state index contributed by atoms with van der Waals surface area (Å²) in [4.78, 5) is 35.2. The van der Waals surface area contributed by atoms with Gasteiger partial charge in [0.05, 0.1) is 5.69 Å². The fourth-order valence-electron chi connectivity index (χ4n) is 2.75. The van der Waals surface area contributed by atoms with Crippen LogP contribution in [0, 0.1) is 11.8 Å². The molecule has 1 amide bonds. The van der Waals surface area contributed by atoms with Crippen molar-refractivity contribution in [2.45, 2.75) is 58.6 Å². The Morgan fingerprint density at radius 3 is 2.42 bits per heavy atom. The van der Waals surface area contributed by atoms with Crippen molar-refractivity contribution in [1.29, 1.82) is 0 Å². The van der Waals surface area contributed by atoms with Gasteiger partial charge in [-0.05, 0) is 12.1 Å². The normalized spacial score (nSPS) is 25.7. The van der Waals surface area contributed by atoms with Crippen molar-refractivity contribution in [3.63, 3.8) is 0 Å². The molecule has 11 nitrogen and oxygen atoms in total. The zero-order chi connectivity index (χ0) is 23.3. The average Bonchev–Trinajstić information content (AvgIpc) is 2.70. The Labute approximate surface area is 178 Å². The van der Waals surface area contributed by atoms with Gasteiger partial charge in [-0.25, -0.2) is 0 Å². The first-order valence-electron chi connectivity index (χ1n) is 9.73. The molecule has 0 aromatic heterocycles. The fraction of sp³-hybridized carbons (Fsp3) is 0.550. The third kappa shape index (κ3) is 6.14. The summed E-state index contributed by atoms with van der Waals surface area (Å²) in [5.74, 6) is -4.22. The summed E-state index contributed by atoms with van der Waals surface area (Å²) in [5.41, 5.74) is 0.738. The summed E-state index contributed by atoms with van der Waals surface area (Å²) in [6.45, 7) is 4.91. The van der Waals surface area contributed by atoms with Crippen LogP contribution in [0.5, 0.6) is 5.75 Å². The summed E-state index contributed by atoms with van der Waals surface area (Å²) < 4.78 is 15.6. The van der Waals surface area contributed by atoms with Gasteiger partial charge in [-0.2, -0.15) is 0 Å². The Morgan fingerprint density at radius 1 is 1.16 bits per heavy atom. The smallest absolute Gasteiger partial charge is 0.315 e. The lowest BCUT2D eigenvalue weighted by Crippen LogP contribution is -2.58. The highest BCUT2D eigenvalue weighted by Crippen LogP contribution is 2.31. The molecular formula is C20H27NO10. The molecule has 31 heavy (non-hydrogen) atoms. The maximum atomic E-state index is 12.2. The number of aliphatic carboxylic acids is 1. The molecule has 1 saturated heterocycles. The van der Waals surface area contributed by atoms with Gasteiger partial charge >= 0.3 is 11.9 Å². The molecule has 0 spiro atoms. The number of esters is 1. The maximum Gasteiger partial charge on any atom is 0.315 e. The molecule has 1 fully saturated rings. The number of aliphatic hydroxyl groups is 3. The minimum atomic E-state index is -1.86. The van der Waals surface area contributed by atoms with Gasteiger partial charge in [0, 0.05) is 24.0 Å². The number of carboxylic acid groups (broad SMARTS) is 1. The molecule has 0 saturated carbocycles. The van der Waals surface area contributed by atoms with E-state index in [-0.39, 0.29) is 36.3 Å². The van der Waals surface area contributed by atoms with Gasteiger partial charge in [-0.3, -0.25) is 14.4 Å². The summed E-state index contributed by atoms with van der Waals surface area (Å²) in [5, 5.41) is 41.4. The zero-order valence-corrected chi connectivity index (χ0v) is 17.3. The quantitative estimate of drug-likeness (QED) is 0.351. The van der Waals surface area contributed by atoms with Crippen LogP contribution < -0.4 is 10.1 Å². The molecule has 5 unspecified atom stereocenters. The minimum Gasteiger partial charge on any atom is -0.481 e. The number of ether oxygens (including phenoxy) is 3. The van der Waals surface area contributed by atoms with Gasteiger partial charge in [0.1, 0.15) is 30.5 Å². The lowest BCUT2D eigenvalue weighted by atomic mass is 9.94. The lowest BCUT2D eigenvalue weighted by molar-refractivity contribution is -0.306. The number of rotatable bonds is 8. The number of hydrogen-bond donors (Lipinski definition) is 5. The van der Waals surface area contributed by atoms with Crippen LogP contribution in [-0.2, 0) is 30.5 Å². The van der Waals surface area contributed by atoms with Crippen LogP contribution in [0.4, 0.5) is 5.69 Å². The van der Waals surface area contributed by atoms with Gasteiger partial charge in [0.15, 0.2) is 6.29 Å². The van der Waals surface area contributed by atoms with E-state index in [4.69, 9.17) is 14.2 Å². The molecule has 172 valence electrons. The Bertz CT molecular complexity index is 811. The van der Waals surface area contributed by atoms with E-state index in [0.29, 0.717) is 5.56 Å². The van der Waals surface area contributed by atoms with E-state index in [0.717, 1.165) is 0 Å². The maximum absolute atomic E-state index is 12.2. The number of carboxylic acids is 1. The number of anilines is 1. The standard InChI is InChI=1S/C20H27NO10/c1-4-13(22)29-8-10-5-6-11(7-12(10)21-17(25)9(2)3)30-20-14(18(26)27)15(23)16(24)19(28)31-20/h5-7,9,14-16,19-20,23-24,28H,4,8H2,1-3H3,(H,21,25)(H,26,27). The number of aliphatic hydroxyl groups excluding tert-OH is 3. The van der Waals surface area contributed by atoms with Crippen molar-refractivity contribution in [2.24, 2.45) is 11.8 Å². The largest absolute Gasteiger partial charge is 0.481 e. The van der Waals surface area contributed by atoms with Crippen LogP contribution in [0.2, 0.25) is 0 Å². The van der Waals surface area contributed by atoms with Crippen LogP contribution in [-0.4, -0.2) is 63.1 Å². The number of benzene rings is 1. The molecule has 2 rings (SSSR count). The van der Waals surface area contributed by atoms with Gasteiger partial charge in [-0.15, -0.1) is 0 Å². The van der Waals surface area contributed by atoms with E-state index < -0.39 is 42.6 Å². The molecule has 1 aromatic carbocycles. The van der Waals surface area contributed by atoms with Gasteiger partial charge in [0.25, 0.3) is 0 Å². The first-order chi connectivity index (χ1) is 14.5. The van der Waals surface area contributed by atoms with Crippen LogP contribution in [0.25, 0.3) is 0 Å². The molecule has 1 aliphatic heterocycles. The van der Waals surface area contributed by atoms with Crippen LogP contribution >= 0.6 is 0 Å². The zero-order valence-electron chi connectivity index (χ0n) is 17.3. The van der Waals surface area contributed by atoms with Crippen molar-refractivity contribution in [1.82, 2.24) is 0 Å². The monoisotopic (exact) mass is 441 g/mol. The van der Waals surface area contributed by atoms with E-state index in [1.807, 2.05) is 0 Å². The number of amides is 1. The molecule has 0 bridgehead atoms. The molecular weight excluding hydrogens is 414 g/mol. The van der Waals surface area contributed by atoms with Crippen molar-refractivity contribution < 1.29 is 49.0 Å². The van der Waals surface area contributed by atoms with Crippen molar-refractivity contribution >= 4 is 23.5 Å². The van der Waals surface area contributed by atoms with Crippen molar-refractivity contribution in [2.75, 3.05) is 5.32 Å². The van der Waals surface area contributed by atoms with Crippen LogP contribution in [0.1, 0.15) is 32.8 Å².